The summed E-state index contributed by atoms with van der Waals surface area (Å²) in [6.45, 7) is 0.473. The van der Waals surface area contributed by atoms with E-state index in [1.165, 1.54) is 0 Å². The molecule has 2 aromatic carbocycles. The van der Waals surface area contributed by atoms with Crippen molar-refractivity contribution in [3.63, 3.8) is 0 Å². The normalized spacial score (nSPS) is 10.5. The predicted molar refractivity (Wildman–Crippen MR) is 102 cm³/mol. The average Bonchev–Trinajstić information content (AvgIpc) is 2.67. The number of carbonyl (C=O) groups is 2. The first kappa shape index (κ1) is 17.6. The van der Waals surface area contributed by atoms with E-state index >= 15 is 0 Å². The van der Waals surface area contributed by atoms with E-state index in [2.05, 4.69) is 15.6 Å². The molecule has 5 heteroatoms. The molecule has 0 atom stereocenters. The van der Waals surface area contributed by atoms with Crippen molar-refractivity contribution in [2.24, 2.45) is 0 Å². The van der Waals surface area contributed by atoms with Crippen LogP contribution >= 0.6 is 0 Å². The molecule has 1 heterocycles. The Labute approximate surface area is 152 Å². The summed E-state index contributed by atoms with van der Waals surface area (Å²) in [5, 5.41) is 7.63. The fourth-order valence-electron chi connectivity index (χ4n) is 2.80. The van der Waals surface area contributed by atoms with Crippen molar-refractivity contribution in [3.8, 4) is 0 Å². The van der Waals surface area contributed by atoms with E-state index < -0.39 is 0 Å². The number of nitrogens with one attached hydrogen (secondary N) is 2. The van der Waals surface area contributed by atoms with Crippen molar-refractivity contribution in [1.29, 1.82) is 0 Å². The Kier molecular flexibility index (Phi) is 5.93. The van der Waals surface area contributed by atoms with E-state index in [1.807, 2.05) is 60.7 Å². The Bertz CT molecular complexity index is 889. The summed E-state index contributed by atoms with van der Waals surface area (Å²) in [5.41, 5.74) is 1.88. The van der Waals surface area contributed by atoms with Crippen LogP contribution in [0, 0.1) is 0 Å². The van der Waals surface area contributed by atoms with Crippen molar-refractivity contribution in [1.82, 2.24) is 15.6 Å². The number of fused-ring (bicyclic) bond motifs is 1. The lowest BCUT2D eigenvalue weighted by molar-refractivity contribution is -0.125. The van der Waals surface area contributed by atoms with Gasteiger partial charge in [-0.2, -0.15) is 0 Å². The largest absolute Gasteiger partial charge is 0.354 e. The minimum atomic E-state index is -0.202. The summed E-state index contributed by atoms with van der Waals surface area (Å²) < 4.78 is 0. The molecule has 0 saturated carbocycles. The van der Waals surface area contributed by atoms with Crippen LogP contribution in [-0.2, 0) is 22.4 Å². The molecule has 0 aliphatic rings. The third-order valence-electron chi connectivity index (χ3n) is 4.11. The molecule has 0 radical (unpaired) electrons. The van der Waals surface area contributed by atoms with Crippen molar-refractivity contribution >= 4 is 22.6 Å². The molecule has 0 bridgehead atoms. The number of hydrogen-bond acceptors (Lipinski definition) is 3. The smallest absolute Gasteiger partial charge is 0.239 e. The van der Waals surface area contributed by atoms with Crippen LogP contribution in [0.1, 0.15) is 11.3 Å². The zero-order valence-electron chi connectivity index (χ0n) is 14.4. The van der Waals surface area contributed by atoms with Crippen LogP contribution in [0.15, 0.2) is 66.9 Å². The maximum absolute atomic E-state index is 12.2. The van der Waals surface area contributed by atoms with Crippen LogP contribution in [0.4, 0.5) is 0 Å². The molecule has 132 valence electrons. The van der Waals surface area contributed by atoms with Gasteiger partial charge in [-0.05, 0) is 28.5 Å². The van der Waals surface area contributed by atoms with Crippen LogP contribution in [0.25, 0.3) is 10.8 Å². The van der Waals surface area contributed by atoms with Crippen LogP contribution in [0.3, 0.4) is 0 Å². The van der Waals surface area contributed by atoms with Gasteiger partial charge in [0.15, 0.2) is 0 Å². The standard InChI is InChI=1S/C21H21N3O2/c25-20(14-17-8-5-7-16-6-1-2-10-19(16)17)24-15-21(26)23-13-11-18-9-3-4-12-22-18/h1-10,12H,11,13-15H2,(H,23,26)(H,24,25). The molecule has 3 rings (SSSR count). The molecular weight excluding hydrogens is 326 g/mol. The van der Waals surface area contributed by atoms with Gasteiger partial charge >= 0.3 is 0 Å². The van der Waals surface area contributed by atoms with Gasteiger partial charge in [-0.3, -0.25) is 14.6 Å². The number of amides is 2. The number of carbonyl (C=O) groups excluding carboxylic acids is 2. The molecule has 1 aromatic heterocycles. The van der Waals surface area contributed by atoms with Gasteiger partial charge in [-0.15, -0.1) is 0 Å². The Balaban J connectivity index is 1.44. The number of nitrogens with zero attached hydrogens (tertiary/aromatic N) is 1. The van der Waals surface area contributed by atoms with Gasteiger partial charge in [0.05, 0.1) is 13.0 Å². The van der Waals surface area contributed by atoms with Crippen LogP contribution < -0.4 is 10.6 Å². The minimum Gasteiger partial charge on any atom is -0.354 e. The van der Waals surface area contributed by atoms with Crippen LogP contribution in [0.5, 0.6) is 0 Å². The molecule has 3 aromatic rings. The number of benzene rings is 2. The maximum Gasteiger partial charge on any atom is 0.239 e. The highest BCUT2D eigenvalue weighted by Crippen LogP contribution is 2.18. The fraction of sp³-hybridized carbons (Fsp3) is 0.190. The SMILES string of the molecule is O=C(CNC(=O)Cc1cccc2ccccc12)NCCc1ccccn1. The highest BCUT2D eigenvalue weighted by atomic mass is 16.2. The van der Waals surface area contributed by atoms with Gasteiger partial charge < -0.3 is 10.6 Å². The lowest BCUT2D eigenvalue weighted by atomic mass is 10.0. The van der Waals surface area contributed by atoms with Gasteiger partial charge in [0.25, 0.3) is 0 Å². The summed E-state index contributed by atoms with van der Waals surface area (Å²) >= 11 is 0. The molecule has 0 aliphatic carbocycles. The van der Waals surface area contributed by atoms with Crippen LogP contribution in [0.2, 0.25) is 0 Å². The van der Waals surface area contributed by atoms with Gasteiger partial charge in [0, 0.05) is 24.9 Å². The Morgan fingerprint density at radius 3 is 2.50 bits per heavy atom. The highest BCUT2D eigenvalue weighted by Gasteiger charge is 2.08. The van der Waals surface area contributed by atoms with Gasteiger partial charge in [0.2, 0.25) is 11.8 Å². The molecule has 5 nitrogen and oxygen atoms in total. The zero-order chi connectivity index (χ0) is 18.2. The van der Waals surface area contributed by atoms with Crippen molar-refractivity contribution in [3.05, 3.63) is 78.1 Å². The zero-order valence-corrected chi connectivity index (χ0v) is 14.4. The second kappa shape index (κ2) is 8.76. The first-order chi connectivity index (χ1) is 12.7. The topological polar surface area (TPSA) is 71.1 Å². The summed E-state index contributed by atoms with van der Waals surface area (Å²) in [6, 6.07) is 19.5. The van der Waals surface area contributed by atoms with Crippen molar-refractivity contribution in [2.45, 2.75) is 12.8 Å². The Morgan fingerprint density at radius 1 is 0.846 bits per heavy atom. The summed E-state index contributed by atoms with van der Waals surface area (Å²) in [6.07, 6.45) is 2.64. The molecule has 26 heavy (non-hydrogen) atoms. The first-order valence-corrected chi connectivity index (χ1v) is 8.62. The van der Waals surface area contributed by atoms with Crippen molar-refractivity contribution in [2.75, 3.05) is 13.1 Å². The molecule has 0 fully saturated rings. The van der Waals surface area contributed by atoms with E-state index in [4.69, 9.17) is 0 Å². The van der Waals surface area contributed by atoms with E-state index in [0.717, 1.165) is 22.0 Å². The van der Waals surface area contributed by atoms with Crippen LogP contribution in [-0.4, -0.2) is 29.9 Å². The molecule has 0 saturated heterocycles. The lowest BCUT2D eigenvalue weighted by Crippen LogP contribution is -2.38. The third-order valence-corrected chi connectivity index (χ3v) is 4.11. The molecule has 2 N–H and O–H groups in total. The summed E-state index contributed by atoms with van der Waals surface area (Å²) in [7, 11) is 0. The van der Waals surface area contributed by atoms with Gasteiger partial charge in [-0.1, -0.05) is 48.5 Å². The van der Waals surface area contributed by atoms with E-state index in [9.17, 15) is 9.59 Å². The second-order valence-electron chi connectivity index (χ2n) is 6.01. The Hall–Kier alpha value is -3.21. The fourth-order valence-corrected chi connectivity index (χ4v) is 2.80. The highest BCUT2D eigenvalue weighted by molar-refractivity contribution is 5.91. The minimum absolute atomic E-state index is 0.0220. The average molecular weight is 347 g/mol. The monoisotopic (exact) mass is 347 g/mol. The summed E-state index contributed by atoms with van der Waals surface area (Å²) in [5.74, 6) is -0.367. The van der Waals surface area contributed by atoms with E-state index in [1.54, 1.807) is 6.20 Å². The van der Waals surface area contributed by atoms with E-state index in [0.29, 0.717) is 13.0 Å². The second-order valence-corrected chi connectivity index (χ2v) is 6.01. The molecule has 0 unspecified atom stereocenters. The third kappa shape index (κ3) is 4.89. The van der Waals surface area contributed by atoms with Crippen molar-refractivity contribution < 1.29 is 9.59 Å². The molecular formula is C21H21N3O2. The number of rotatable bonds is 7. The first-order valence-electron chi connectivity index (χ1n) is 8.62. The molecule has 0 spiro atoms. The number of pyridine rings is 1. The number of aromatic nitrogens is 1. The number of hydrogen-bond donors (Lipinski definition) is 2. The maximum atomic E-state index is 12.2. The Morgan fingerprint density at radius 2 is 1.65 bits per heavy atom. The summed E-state index contributed by atoms with van der Waals surface area (Å²) in [4.78, 5) is 28.2. The predicted octanol–water partition coefficient (Wildman–Crippen LogP) is 2.25. The molecule has 0 aliphatic heterocycles. The van der Waals surface area contributed by atoms with E-state index in [-0.39, 0.29) is 24.8 Å². The quantitative estimate of drug-likeness (QED) is 0.689. The van der Waals surface area contributed by atoms with Gasteiger partial charge in [-0.25, -0.2) is 0 Å². The lowest BCUT2D eigenvalue weighted by Gasteiger charge is -2.08. The molecule has 2 amide bonds. The van der Waals surface area contributed by atoms with Gasteiger partial charge in [0.1, 0.15) is 0 Å².